The highest BCUT2D eigenvalue weighted by molar-refractivity contribution is 5.89. The summed E-state index contributed by atoms with van der Waals surface area (Å²) in [6.07, 6.45) is 0.863. The van der Waals surface area contributed by atoms with E-state index in [9.17, 15) is 4.79 Å². The maximum absolute atomic E-state index is 12.0. The van der Waals surface area contributed by atoms with Gasteiger partial charge in [-0.1, -0.05) is 0 Å². The molecule has 0 spiro atoms. The van der Waals surface area contributed by atoms with E-state index in [2.05, 4.69) is 29.6 Å². The molecule has 0 saturated carbocycles. The first-order valence-corrected chi connectivity index (χ1v) is 10.8. The number of quaternary nitrogens is 1. The van der Waals surface area contributed by atoms with Crippen LogP contribution in [0.25, 0.3) is 5.69 Å². The van der Waals surface area contributed by atoms with Crippen molar-refractivity contribution in [3.8, 4) is 22.9 Å². The van der Waals surface area contributed by atoms with E-state index >= 15 is 0 Å². The number of likely N-dealkylation sites (N-methyl/N-ethyl adjacent to an activating group) is 1. The highest BCUT2D eigenvalue weighted by atomic mass is 16.7. The highest BCUT2D eigenvalue weighted by Gasteiger charge is 2.45. The Bertz CT molecular complexity index is 1200. The van der Waals surface area contributed by atoms with E-state index in [1.807, 2.05) is 18.2 Å². The smallest absolute Gasteiger partial charge is 0.338 e. The van der Waals surface area contributed by atoms with Gasteiger partial charge in [-0.3, -0.25) is 0 Å². The molecule has 33 heavy (non-hydrogen) atoms. The molecule has 2 aliphatic heterocycles. The van der Waals surface area contributed by atoms with Crippen molar-refractivity contribution in [3.05, 3.63) is 52.8 Å². The number of nitrogens with zero attached hydrogens (tertiary/aromatic N) is 5. The van der Waals surface area contributed by atoms with E-state index in [1.165, 1.54) is 0 Å². The minimum absolute atomic E-state index is 0.169. The summed E-state index contributed by atoms with van der Waals surface area (Å²) in [6, 6.07) is 8.88. The number of esters is 1. The standard InChI is InChI=1S/C23H26N5O5/c1-5-31-23(29)14-6-8-16(9-7-14)27-22(24-25-26-27)19-18-15(10-11-28(19,2)3)12-17-20(21(18)30-4)33-13-32-17/h6-9,12,19H,5,10-11,13H2,1-4H3/q+1/t19-/m1/s1. The summed E-state index contributed by atoms with van der Waals surface area (Å²) in [7, 11) is 5.95. The van der Waals surface area contributed by atoms with Crippen LogP contribution in [0.3, 0.4) is 0 Å². The monoisotopic (exact) mass is 452 g/mol. The summed E-state index contributed by atoms with van der Waals surface area (Å²) in [5.74, 6) is 2.28. The van der Waals surface area contributed by atoms with Gasteiger partial charge in [0, 0.05) is 6.42 Å². The van der Waals surface area contributed by atoms with Crippen molar-refractivity contribution in [2.24, 2.45) is 0 Å². The van der Waals surface area contributed by atoms with Gasteiger partial charge in [-0.2, -0.15) is 4.68 Å². The number of benzene rings is 2. The predicted octanol–water partition coefficient (Wildman–Crippen LogP) is 2.30. The molecule has 172 valence electrons. The molecule has 2 aromatic carbocycles. The van der Waals surface area contributed by atoms with Crippen molar-refractivity contribution in [1.29, 1.82) is 0 Å². The number of carbonyl (C=O) groups is 1. The first-order chi connectivity index (χ1) is 15.9. The summed E-state index contributed by atoms with van der Waals surface area (Å²) in [6.45, 7) is 3.16. The van der Waals surface area contributed by atoms with Gasteiger partial charge < -0.3 is 23.4 Å². The molecule has 0 radical (unpaired) electrons. The molecule has 5 rings (SSSR count). The first kappa shape index (κ1) is 21.2. The maximum Gasteiger partial charge on any atom is 0.338 e. The van der Waals surface area contributed by atoms with Crippen LogP contribution < -0.4 is 14.2 Å². The fraction of sp³-hybridized carbons (Fsp3) is 0.391. The first-order valence-electron chi connectivity index (χ1n) is 10.8. The molecule has 0 amide bonds. The number of fused-ring (bicyclic) bond motifs is 2. The molecule has 3 heterocycles. The van der Waals surface area contributed by atoms with Crippen molar-refractivity contribution >= 4 is 5.97 Å². The fourth-order valence-electron chi connectivity index (χ4n) is 4.62. The number of carbonyl (C=O) groups excluding carboxylic acids is 1. The molecule has 0 unspecified atom stereocenters. The van der Waals surface area contributed by atoms with E-state index in [0.717, 1.165) is 29.8 Å². The van der Waals surface area contributed by atoms with E-state index in [1.54, 1.807) is 30.8 Å². The largest absolute Gasteiger partial charge is 0.492 e. The van der Waals surface area contributed by atoms with Crippen molar-refractivity contribution in [1.82, 2.24) is 20.2 Å². The summed E-state index contributed by atoms with van der Waals surface area (Å²) < 4.78 is 24.6. The topological polar surface area (TPSA) is 97.6 Å². The third-order valence-corrected chi connectivity index (χ3v) is 6.24. The average Bonchev–Trinajstić information content (AvgIpc) is 3.47. The Kier molecular flexibility index (Phi) is 5.16. The van der Waals surface area contributed by atoms with Gasteiger partial charge in [0.15, 0.2) is 17.5 Å². The Balaban J connectivity index is 1.62. The van der Waals surface area contributed by atoms with Gasteiger partial charge in [0.1, 0.15) is 0 Å². The molecule has 1 aromatic heterocycles. The Labute approximate surface area is 191 Å². The second kappa shape index (κ2) is 8.04. The molecule has 3 aromatic rings. The lowest BCUT2D eigenvalue weighted by Gasteiger charge is -2.42. The summed E-state index contributed by atoms with van der Waals surface area (Å²) in [4.78, 5) is 12.0. The lowest BCUT2D eigenvalue weighted by molar-refractivity contribution is -0.917. The SMILES string of the molecule is CCOC(=O)c1ccc(-n2nnnc2[C@H]2c3c(cc4c(c3OC)OCO4)CC[N+]2(C)C)cc1. The van der Waals surface area contributed by atoms with Crippen molar-refractivity contribution in [2.75, 3.05) is 41.1 Å². The zero-order valence-corrected chi connectivity index (χ0v) is 19.1. The van der Waals surface area contributed by atoms with Crippen LogP contribution in [-0.4, -0.2) is 71.8 Å². The van der Waals surface area contributed by atoms with Crippen LogP contribution in [0.4, 0.5) is 0 Å². The number of hydrogen-bond acceptors (Lipinski definition) is 8. The molecule has 0 aliphatic carbocycles. The Morgan fingerprint density at radius 3 is 2.76 bits per heavy atom. The summed E-state index contributed by atoms with van der Waals surface area (Å²) >= 11 is 0. The van der Waals surface area contributed by atoms with E-state index < -0.39 is 0 Å². The summed E-state index contributed by atoms with van der Waals surface area (Å²) in [5.41, 5.74) is 3.35. The normalized spacial score (nSPS) is 18.0. The number of hydrogen-bond donors (Lipinski definition) is 0. The van der Waals surface area contributed by atoms with E-state index in [-0.39, 0.29) is 18.8 Å². The van der Waals surface area contributed by atoms with Gasteiger partial charge >= 0.3 is 5.97 Å². The zero-order valence-electron chi connectivity index (χ0n) is 19.1. The molecule has 0 fully saturated rings. The molecule has 0 bridgehead atoms. The van der Waals surface area contributed by atoms with Gasteiger partial charge in [0.25, 0.3) is 0 Å². The van der Waals surface area contributed by atoms with E-state index in [4.69, 9.17) is 18.9 Å². The van der Waals surface area contributed by atoms with Crippen molar-refractivity contribution in [2.45, 2.75) is 19.4 Å². The number of tetrazole rings is 1. The fourth-order valence-corrected chi connectivity index (χ4v) is 4.62. The lowest BCUT2D eigenvalue weighted by atomic mass is 9.88. The second-order valence-electron chi connectivity index (χ2n) is 8.59. The molecule has 0 saturated heterocycles. The summed E-state index contributed by atoms with van der Waals surface area (Å²) in [5, 5.41) is 12.7. The van der Waals surface area contributed by atoms with Gasteiger partial charge in [0.2, 0.25) is 18.4 Å². The predicted molar refractivity (Wildman–Crippen MR) is 117 cm³/mol. The Morgan fingerprint density at radius 2 is 2.03 bits per heavy atom. The Hall–Kier alpha value is -3.66. The average molecular weight is 452 g/mol. The molecular formula is C23H26N5O5+. The van der Waals surface area contributed by atoms with Crippen LogP contribution in [0, 0.1) is 0 Å². The van der Waals surface area contributed by atoms with Crippen LogP contribution >= 0.6 is 0 Å². The molecule has 10 heteroatoms. The zero-order chi connectivity index (χ0) is 23.2. The lowest BCUT2D eigenvalue weighted by Crippen LogP contribution is -2.49. The van der Waals surface area contributed by atoms with Crippen LogP contribution in [0.1, 0.15) is 40.3 Å². The minimum atomic E-state index is -0.360. The van der Waals surface area contributed by atoms with Crippen molar-refractivity contribution < 1.29 is 28.2 Å². The van der Waals surface area contributed by atoms with Crippen LogP contribution in [0.2, 0.25) is 0 Å². The molecular weight excluding hydrogens is 426 g/mol. The van der Waals surface area contributed by atoms with Crippen LogP contribution in [0.15, 0.2) is 30.3 Å². The Morgan fingerprint density at radius 1 is 1.24 bits per heavy atom. The third-order valence-electron chi connectivity index (χ3n) is 6.24. The van der Waals surface area contributed by atoms with Gasteiger partial charge in [-0.05, 0) is 53.2 Å². The van der Waals surface area contributed by atoms with Crippen molar-refractivity contribution in [3.63, 3.8) is 0 Å². The third kappa shape index (κ3) is 3.46. The van der Waals surface area contributed by atoms with Crippen LogP contribution in [0.5, 0.6) is 17.2 Å². The number of aromatic nitrogens is 4. The van der Waals surface area contributed by atoms with Gasteiger partial charge in [-0.25, -0.2) is 4.79 Å². The second-order valence-corrected chi connectivity index (χ2v) is 8.59. The van der Waals surface area contributed by atoms with E-state index in [0.29, 0.717) is 39.7 Å². The molecule has 1 atom stereocenters. The molecule has 10 nitrogen and oxygen atoms in total. The maximum atomic E-state index is 12.0. The molecule has 2 aliphatic rings. The van der Waals surface area contributed by atoms with Gasteiger partial charge in [-0.15, -0.1) is 5.10 Å². The van der Waals surface area contributed by atoms with Crippen LogP contribution in [-0.2, 0) is 11.2 Å². The highest BCUT2D eigenvalue weighted by Crippen LogP contribution is 2.51. The quantitative estimate of drug-likeness (QED) is 0.430. The minimum Gasteiger partial charge on any atom is -0.492 e. The van der Waals surface area contributed by atoms with Gasteiger partial charge in [0.05, 0.1) is 51.2 Å². The molecule has 0 N–H and O–H groups in total. The number of rotatable bonds is 5. The number of ether oxygens (including phenoxy) is 4. The number of methoxy groups -OCH3 is 1.